The van der Waals surface area contributed by atoms with Crippen molar-refractivity contribution in [3.05, 3.63) is 46.2 Å². The minimum Gasteiger partial charge on any atom is -0.493 e. The highest BCUT2D eigenvalue weighted by molar-refractivity contribution is 7.07. The molecule has 0 radical (unpaired) electrons. The lowest BCUT2D eigenvalue weighted by molar-refractivity contribution is 0.354. The molecule has 1 aromatic heterocycles. The van der Waals surface area contributed by atoms with Crippen LogP contribution in [0.2, 0.25) is 0 Å². The maximum absolute atomic E-state index is 5.35. The normalized spacial score (nSPS) is 12.5. The fourth-order valence-corrected chi connectivity index (χ4v) is 3.46. The van der Waals surface area contributed by atoms with E-state index in [1.54, 1.807) is 32.6 Å². The molecule has 0 saturated carbocycles. The Morgan fingerprint density at radius 3 is 2.62 bits per heavy atom. The number of nitrogens with one attached hydrogen (secondary N) is 2. The van der Waals surface area contributed by atoms with Gasteiger partial charge in [-0.2, -0.15) is 11.3 Å². The molecule has 2 aromatic rings. The van der Waals surface area contributed by atoms with Gasteiger partial charge in [0.2, 0.25) is 0 Å². The monoisotopic (exact) mass is 375 g/mol. The lowest BCUT2D eigenvalue weighted by Crippen LogP contribution is -2.39. The Morgan fingerprint density at radius 2 is 1.96 bits per heavy atom. The number of nitrogens with zero attached hydrogens (tertiary/aromatic N) is 1. The predicted octanol–water partition coefficient (Wildman–Crippen LogP) is 3.67. The third-order valence-electron chi connectivity index (χ3n) is 4.29. The number of methoxy groups -OCH3 is 2. The standard InChI is InChI=1S/C20H29N3O2S/c1-15(17-9-11-26-14-17)13-23-20(21-2)22-10-5-6-16-7-8-18(24-3)19(12-16)25-4/h7-9,11-12,14-15H,5-6,10,13H2,1-4H3,(H2,21,22,23). The van der Waals surface area contributed by atoms with Crippen LogP contribution in [-0.2, 0) is 6.42 Å². The number of aryl methyl sites for hydroxylation is 1. The van der Waals surface area contributed by atoms with E-state index in [2.05, 4.69) is 45.4 Å². The maximum atomic E-state index is 5.35. The summed E-state index contributed by atoms with van der Waals surface area (Å²) in [4.78, 5) is 4.30. The Hall–Kier alpha value is -2.21. The molecule has 5 nitrogen and oxygen atoms in total. The number of ether oxygens (including phenoxy) is 2. The Morgan fingerprint density at radius 1 is 1.15 bits per heavy atom. The second-order valence-electron chi connectivity index (χ2n) is 6.13. The van der Waals surface area contributed by atoms with Crippen molar-refractivity contribution in [2.45, 2.75) is 25.7 Å². The van der Waals surface area contributed by atoms with E-state index in [4.69, 9.17) is 9.47 Å². The molecule has 1 atom stereocenters. The Bertz CT molecular complexity index is 686. The molecular weight excluding hydrogens is 346 g/mol. The summed E-state index contributed by atoms with van der Waals surface area (Å²) in [5.74, 6) is 2.85. The van der Waals surface area contributed by atoms with E-state index in [-0.39, 0.29) is 0 Å². The van der Waals surface area contributed by atoms with E-state index in [1.807, 2.05) is 12.1 Å². The van der Waals surface area contributed by atoms with Gasteiger partial charge in [0.15, 0.2) is 17.5 Å². The predicted molar refractivity (Wildman–Crippen MR) is 110 cm³/mol. The van der Waals surface area contributed by atoms with Gasteiger partial charge in [0.25, 0.3) is 0 Å². The van der Waals surface area contributed by atoms with Gasteiger partial charge in [-0.1, -0.05) is 13.0 Å². The van der Waals surface area contributed by atoms with Crippen molar-refractivity contribution in [2.75, 3.05) is 34.4 Å². The molecule has 0 amide bonds. The van der Waals surface area contributed by atoms with Crippen LogP contribution >= 0.6 is 11.3 Å². The molecular formula is C20H29N3O2S. The number of guanidine groups is 1. The third-order valence-corrected chi connectivity index (χ3v) is 5.00. The van der Waals surface area contributed by atoms with E-state index in [0.717, 1.165) is 43.4 Å². The van der Waals surface area contributed by atoms with Gasteiger partial charge in [-0.15, -0.1) is 0 Å². The van der Waals surface area contributed by atoms with Crippen LogP contribution in [0.25, 0.3) is 0 Å². The molecule has 0 aliphatic rings. The van der Waals surface area contributed by atoms with Crippen molar-refractivity contribution < 1.29 is 9.47 Å². The van der Waals surface area contributed by atoms with Gasteiger partial charge >= 0.3 is 0 Å². The summed E-state index contributed by atoms with van der Waals surface area (Å²) in [5.41, 5.74) is 2.60. The maximum Gasteiger partial charge on any atom is 0.190 e. The molecule has 0 saturated heterocycles. The lowest BCUT2D eigenvalue weighted by atomic mass is 10.1. The van der Waals surface area contributed by atoms with Crippen LogP contribution in [0.4, 0.5) is 0 Å². The molecule has 6 heteroatoms. The van der Waals surface area contributed by atoms with E-state index in [9.17, 15) is 0 Å². The highest BCUT2D eigenvalue weighted by Gasteiger charge is 2.07. The van der Waals surface area contributed by atoms with Gasteiger partial charge in [-0.3, -0.25) is 4.99 Å². The molecule has 2 rings (SSSR count). The molecule has 1 unspecified atom stereocenters. The van der Waals surface area contributed by atoms with Crippen molar-refractivity contribution in [2.24, 2.45) is 4.99 Å². The highest BCUT2D eigenvalue weighted by atomic mass is 32.1. The summed E-state index contributed by atoms with van der Waals surface area (Å²) in [6.07, 6.45) is 1.98. The smallest absolute Gasteiger partial charge is 0.190 e. The summed E-state index contributed by atoms with van der Waals surface area (Å²) in [7, 11) is 5.12. The van der Waals surface area contributed by atoms with Crippen LogP contribution in [0, 0.1) is 0 Å². The first kappa shape index (κ1) is 20.1. The molecule has 26 heavy (non-hydrogen) atoms. The fourth-order valence-electron chi connectivity index (χ4n) is 2.68. The molecule has 142 valence electrons. The zero-order valence-electron chi connectivity index (χ0n) is 16.0. The third kappa shape index (κ3) is 5.95. The Balaban J connectivity index is 1.72. The minimum absolute atomic E-state index is 0.464. The average molecular weight is 376 g/mol. The minimum atomic E-state index is 0.464. The first-order chi connectivity index (χ1) is 12.7. The number of hydrogen-bond donors (Lipinski definition) is 2. The van der Waals surface area contributed by atoms with Crippen LogP contribution in [0.1, 0.15) is 30.4 Å². The zero-order chi connectivity index (χ0) is 18.8. The van der Waals surface area contributed by atoms with Crippen LogP contribution in [0.15, 0.2) is 40.0 Å². The lowest BCUT2D eigenvalue weighted by Gasteiger charge is -2.15. The number of rotatable bonds is 9. The summed E-state index contributed by atoms with van der Waals surface area (Å²) in [5, 5.41) is 11.1. The van der Waals surface area contributed by atoms with E-state index in [1.165, 1.54) is 11.1 Å². The van der Waals surface area contributed by atoms with Crippen molar-refractivity contribution in [1.29, 1.82) is 0 Å². The van der Waals surface area contributed by atoms with Crippen molar-refractivity contribution in [3.8, 4) is 11.5 Å². The quantitative estimate of drug-likeness (QED) is 0.399. The number of benzene rings is 1. The molecule has 0 aliphatic heterocycles. The Labute approximate surface area is 160 Å². The fraction of sp³-hybridized carbons (Fsp3) is 0.450. The van der Waals surface area contributed by atoms with E-state index >= 15 is 0 Å². The van der Waals surface area contributed by atoms with Gasteiger partial charge in [-0.05, 0) is 58.8 Å². The molecule has 1 heterocycles. The van der Waals surface area contributed by atoms with Crippen molar-refractivity contribution in [3.63, 3.8) is 0 Å². The number of aliphatic imine (C=N–C) groups is 1. The van der Waals surface area contributed by atoms with Crippen LogP contribution in [0.3, 0.4) is 0 Å². The second kappa shape index (κ2) is 10.7. The van der Waals surface area contributed by atoms with Crippen LogP contribution < -0.4 is 20.1 Å². The summed E-state index contributed by atoms with van der Waals surface area (Å²) in [6.45, 7) is 3.95. The first-order valence-corrected chi connectivity index (χ1v) is 9.79. The summed E-state index contributed by atoms with van der Waals surface area (Å²) < 4.78 is 10.6. The SMILES string of the molecule is CN=C(NCCCc1ccc(OC)c(OC)c1)NCC(C)c1ccsc1. The van der Waals surface area contributed by atoms with Crippen molar-refractivity contribution >= 4 is 17.3 Å². The Kier molecular flexibility index (Phi) is 8.28. The molecule has 1 aromatic carbocycles. The van der Waals surface area contributed by atoms with Gasteiger partial charge in [0.1, 0.15) is 0 Å². The van der Waals surface area contributed by atoms with E-state index in [0.29, 0.717) is 5.92 Å². The summed E-state index contributed by atoms with van der Waals surface area (Å²) in [6, 6.07) is 8.25. The number of hydrogen-bond acceptors (Lipinski definition) is 4. The zero-order valence-corrected chi connectivity index (χ0v) is 16.9. The summed E-state index contributed by atoms with van der Waals surface area (Å²) >= 11 is 1.74. The van der Waals surface area contributed by atoms with Crippen LogP contribution in [-0.4, -0.2) is 40.3 Å². The topological polar surface area (TPSA) is 54.9 Å². The second-order valence-corrected chi connectivity index (χ2v) is 6.91. The van der Waals surface area contributed by atoms with Crippen molar-refractivity contribution in [1.82, 2.24) is 10.6 Å². The number of thiophene rings is 1. The molecule has 0 fully saturated rings. The molecule has 2 N–H and O–H groups in total. The molecule has 0 bridgehead atoms. The average Bonchev–Trinajstić information content (AvgIpc) is 3.21. The van der Waals surface area contributed by atoms with Crippen LogP contribution in [0.5, 0.6) is 11.5 Å². The largest absolute Gasteiger partial charge is 0.493 e. The van der Waals surface area contributed by atoms with Gasteiger partial charge in [-0.25, -0.2) is 0 Å². The molecule has 0 aliphatic carbocycles. The molecule has 0 spiro atoms. The van der Waals surface area contributed by atoms with E-state index < -0.39 is 0 Å². The van der Waals surface area contributed by atoms with Gasteiger partial charge < -0.3 is 20.1 Å². The first-order valence-electron chi connectivity index (χ1n) is 8.85. The van der Waals surface area contributed by atoms with Gasteiger partial charge in [0, 0.05) is 20.1 Å². The van der Waals surface area contributed by atoms with Gasteiger partial charge in [0.05, 0.1) is 14.2 Å². The highest BCUT2D eigenvalue weighted by Crippen LogP contribution is 2.27.